The van der Waals surface area contributed by atoms with Crippen molar-refractivity contribution in [3.63, 3.8) is 0 Å². The monoisotopic (exact) mass is 462 g/mol. The quantitative estimate of drug-likeness (QED) is 0.594. The SMILES string of the molecule is Cn1c(=O)c(=O)n(C)c2cc(N3CCOCC3)c(NC(=O)c3ccc(Br)o3)cc21. The predicted octanol–water partition coefficient (Wildman–Crippen LogP) is 1.68. The fourth-order valence-electron chi connectivity index (χ4n) is 3.40. The molecule has 1 saturated heterocycles. The molecule has 2 aromatic heterocycles. The van der Waals surface area contributed by atoms with Gasteiger partial charge in [0.25, 0.3) is 5.91 Å². The van der Waals surface area contributed by atoms with Crippen LogP contribution in [0.15, 0.2) is 42.9 Å². The number of benzene rings is 1. The number of aryl methyl sites for hydroxylation is 2. The molecule has 9 nitrogen and oxygen atoms in total. The zero-order valence-corrected chi connectivity index (χ0v) is 17.5. The van der Waals surface area contributed by atoms with Crippen LogP contribution in [0.25, 0.3) is 11.0 Å². The Bertz CT molecular complexity index is 1220. The number of aromatic nitrogens is 2. The maximum atomic E-state index is 12.7. The number of nitrogens with one attached hydrogen (secondary N) is 1. The molecule has 0 aliphatic carbocycles. The Hall–Kier alpha value is -2.85. The Morgan fingerprint density at radius 1 is 1.03 bits per heavy atom. The maximum Gasteiger partial charge on any atom is 0.316 e. The minimum atomic E-state index is -0.633. The van der Waals surface area contributed by atoms with E-state index in [-0.39, 0.29) is 5.76 Å². The largest absolute Gasteiger partial charge is 0.444 e. The van der Waals surface area contributed by atoms with E-state index in [1.54, 1.807) is 25.2 Å². The average molecular weight is 463 g/mol. The first-order valence-corrected chi connectivity index (χ1v) is 9.79. The minimum absolute atomic E-state index is 0.152. The van der Waals surface area contributed by atoms with E-state index >= 15 is 0 Å². The third-order valence-electron chi connectivity index (χ3n) is 5.00. The molecule has 0 bridgehead atoms. The standard InChI is InChI=1S/C19H19BrN4O5/c1-22-13-9-11(21-17(25)15-3-4-16(20)29-15)12(24-5-7-28-8-6-24)10-14(13)23(2)19(27)18(22)26/h3-4,9-10H,5-8H2,1-2H3,(H,21,25). The van der Waals surface area contributed by atoms with E-state index in [4.69, 9.17) is 9.15 Å². The Morgan fingerprint density at radius 3 is 2.24 bits per heavy atom. The Labute approximate surface area is 173 Å². The smallest absolute Gasteiger partial charge is 0.316 e. The molecule has 10 heteroatoms. The number of amides is 1. The van der Waals surface area contributed by atoms with Gasteiger partial charge in [0.1, 0.15) is 0 Å². The fourth-order valence-corrected chi connectivity index (χ4v) is 3.70. The Morgan fingerprint density at radius 2 is 1.66 bits per heavy atom. The van der Waals surface area contributed by atoms with Crippen molar-refractivity contribution in [1.29, 1.82) is 0 Å². The normalized spacial score (nSPS) is 14.4. The van der Waals surface area contributed by atoms with E-state index < -0.39 is 17.0 Å². The second-order valence-electron chi connectivity index (χ2n) is 6.74. The molecular weight excluding hydrogens is 444 g/mol. The van der Waals surface area contributed by atoms with E-state index in [1.807, 2.05) is 6.07 Å². The molecule has 0 saturated carbocycles. The van der Waals surface area contributed by atoms with Crippen LogP contribution in [0.4, 0.5) is 11.4 Å². The van der Waals surface area contributed by atoms with Gasteiger partial charge in [0.2, 0.25) is 0 Å². The number of hydrogen-bond donors (Lipinski definition) is 1. The van der Waals surface area contributed by atoms with Crippen LogP contribution in [0.1, 0.15) is 10.6 Å². The van der Waals surface area contributed by atoms with Crippen molar-refractivity contribution < 1.29 is 13.9 Å². The van der Waals surface area contributed by atoms with Crippen LogP contribution in [0.5, 0.6) is 0 Å². The van der Waals surface area contributed by atoms with Gasteiger partial charge in [-0.05, 0) is 40.2 Å². The molecule has 0 radical (unpaired) electrons. The summed E-state index contributed by atoms with van der Waals surface area (Å²) in [5.41, 5.74) is 1.15. The molecule has 1 N–H and O–H groups in total. The van der Waals surface area contributed by atoms with Crippen molar-refractivity contribution in [2.24, 2.45) is 14.1 Å². The van der Waals surface area contributed by atoms with E-state index in [1.165, 1.54) is 16.2 Å². The number of morpholine rings is 1. The lowest BCUT2D eigenvalue weighted by molar-refractivity contribution is 0.0995. The summed E-state index contributed by atoms with van der Waals surface area (Å²) in [5.74, 6) is -0.265. The summed E-state index contributed by atoms with van der Waals surface area (Å²) < 4.78 is 13.8. The number of anilines is 2. The summed E-state index contributed by atoms with van der Waals surface area (Å²) in [6.07, 6.45) is 0. The van der Waals surface area contributed by atoms with Crippen molar-refractivity contribution in [1.82, 2.24) is 9.13 Å². The number of rotatable bonds is 3. The number of hydrogen-bond acceptors (Lipinski definition) is 6. The summed E-state index contributed by atoms with van der Waals surface area (Å²) in [7, 11) is 3.10. The molecule has 152 valence electrons. The van der Waals surface area contributed by atoms with Gasteiger partial charge in [0.15, 0.2) is 10.4 Å². The summed E-state index contributed by atoms with van der Waals surface area (Å²) in [6, 6.07) is 6.72. The highest BCUT2D eigenvalue weighted by Gasteiger charge is 2.21. The van der Waals surface area contributed by atoms with Crippen LogP contribution < -0.4 is 21.3 Å². The van der Waals surface area contributed by atoms with Crippen molar-refractivity contribution in [3.05, 3.63) is 55.4 Å². The second-order valence-corrected chi connectivity index (χ2v) is 7.53. The molecule has 0 spiro atoms. The summed E-state index contributed by atoms with van der Waals surface area (Å²) >= 11 is 3.19. The fraction of sp³-hybridized carbons (Fsp3) is 0.316. The van der Waals surface area contributed by atoms with E-state index in [9.17, 15) is 14.4 Å². The van der Waals surface area contributed by atoms with Gasteiger partial charge in [-0.15, -0.1) is 0 Å². The van der Waals surface area contributed by atoms with Crippen molar-refractivity contribution in [2.45, 2.75) is 0 Å². The van der Waals surface area contributed by atoms with Gasteiger partial charge in [0, 0.05) is 27.2 Å². The zero-order chi connectivity index (χ0) is 20.7. The molecule has 0 unspecified atom stereocenters. The molecule has 1 fully saturated rings. The highest BCUT2D eigenvalue weighted by atomic mass is 79.9. The molecule has 4 rings (SSSR count). The van der Waals surface area contributed by atoms with Gasteiger partial charge in [-0.1, -0.05) is 0 Å². The molecule has 29 heavy (non-hydrogen) atoms. The van der Waals surface area contributed by atoms with Crippen molar-refractivity contribution in [3.8, 4) is 0 Å². The van der Waals surface area contributed by atoms with E-state index in [2.05, 4.69) is 26.1 Å². The highest BCUT2D eigenvalue weighted by molar-refractivity contribution is 9.10. The Kier molecular flexibility index (Phi) is 5.05. The number of furan rings is 1. The van der Waals surface area contributed by atoms with Gasteiger partial charge >= 0.3 is 11.1 Å². The predicted molar refractivity (Wildman–Crippen MR) is 112 cm³/mol. The number of nitrogens with zero attached hydrogens (tertiary/aromatic N) is 3. The number of ether oxygens (including phenoxy) is 1. The molecule has 1 aromatic carbocycles. The summed E-state index contributed by atoms with van der Waals surface area (Å²) in [4.78, 5) is 39.2. The first-order chi connectivity index (χ1) is 13.9. The van der Waals surface area contributed by atoms with E-state index in [0.29, 0.717) is 47.7 Å². The number of carbonyl (C=O) groups is 1. The van der Waals surface area contributed by atoms with Crippen molar-refractivity contribution >= 4 is 44.2 Å². The number of halogens is 1. The molecule has 3 aromatic rings. The summed E-state index contributed by atoms with van der Waals surface area (Å²) in [6.45, 7) is 2.40. The minimum Gasteiger partial charge on any atom is -0.444 e. The molecule has 3 heterocycles. The second kappa shape index (κ2) is 7.53. The molecule has 1 aliphatic heterocycles. The Balaban J connectivity index is 1.89. The lowest BCUT2D eigenvalue weighted by atomic mass is 10.1. The van der Waals surface area contributed by atoms with Crippen LogP contribution in [0.3, 0.4) is 0 Å². The van der Waals surface area contributed by atoms with Gasteiger partial charge in [-0.2, -0.15) is 0 Å². The van der Waals surface area contributed by atoms with Crippen molar-refractivity contribution in [2.75, 3.05) is 36.5 Å². The first-order valence-electron chi connectivity index (χ1n) is 9.00. The average Bonchev–Trinajstić information content (AvgIpc) is 3.17. The van der Waals surface area contributed by atoms with Gasteiger partial charge < -0.3 is 28.5 Å². The van der Waals surface area contributed by atoms with Crippen LogP contribution in [0, 0.1) is 0 Å². The third kappa shape index (κ3) is 3.49. The third-order valence-corrected chi connectivity index (χ3v) is 5.43. The number of fused-ring (bicyclic) bond motifs is 1. The molecule has 0 atom stereocenters. The van der Waals surface area contributed by atoms with Gasteiger partial charge in [-0.25, -0.2) is 0 Å². The van der Waals surface area contributed by atoms with Crippen LogP contribution in [0.2, 0.25) is 0 Å². The summed E-state index contributed by atoms with van der Waals surface area (Å²) in [5, 5.41) is 2.87. The van der Waals surface area contributed by atoms with Crippen LogP contribution in [-0.4, -0.2) is 41.3 Å². The maximum absolute atomic E-state index is 12.7. The topological polar surface area (TPSA) is 98.7 Å². The molecule has 1 amide bonds. The lowest BCUT2D eigenvalue weighted by Crippen LogP contribution is -2.40. The molecular formula is C19H19BrN4O5. The highest BCUT2D eigenvalue weighted by Crippen LogP contribution is 2.31. The van der Waals surface area contributed by atoms with Crippen LogP contribution in [-0.2, 0) is 18.8 Å². The lowest BCUT2D eigenvalue weighted by Gasteiger charge is -2.31. The van der Waals surface area contributed by atoms with E-state index in [0.717, 1.165) is 5.69 Å². The number of carbonyl (C=O) groups excluding carboxylic acids is 1. The van der Waals surface area contributed by atoms with Crippen LogP contribution >= 0.6 is 15.9 Å². The first kappa shape index (κ1) is 19.5. The zero-order valence-electron chi connectivity index (χ0n) is 15.9. The van der Waals surface area contributed by atoms with Gasteiger partial charge in [0.05, 0.1) is 35.6 Å². The molecule has 1 aliphatic rings. The van der Waals surface area contributed by atoms with Gasteiger partial charge in [-0.3, -0.25) is 14.4 Å².